The van der Waals surface area contributed by atoms with Crippen LogP contribution in [0.4, 0.5) is 0 Å². The molecule has 0 aliphatic carbocycles. The summed E-state index contributed by atoms with van der Waals surface area (Å²) in [7, 11) is 0. The van der Waals surface area contributed by atoms with E-state index in [1.165, 1.54) is 0 Å². The predicted molar refractivity (Wildman–Crippen MR) is 49.6 cm³/mol. The summed E-state index contributed by atoms with van der Waals surface area (Å²) in [5.74, 6) is 0.284. The van der Waals surface area contributed by atoms with Crippen LogP contribution in [0.2, 0.25) is 0 Å². The molecule has 0 bridgehead atoms. The minimum atomic E-state index is 0.0515. The van der Waals surface area contributed by atoms with Crippen molar-refractivity contribution in [2.75, 3.05) is 0 Å². The second-order valence-electron chi connectivity index (χ2n) is 2.84. The van der Waals surface area contributed by atoms with Crippen molar-refractivity contribution in [2.24, 2.45) is 5.73 Å². The Hall–Kier alpha value is -1.02. The van der Waals surface area contributed by atoms with Gasteiger partial charge in [-0.05, 0) is 30.5 Å². The first kappa shape index (κ1) is 9.07. The molecule has 0 aliphatic rings. The van der Waals surface area contributed by atoms with Gasteiger partial charge in [0.25, 0.3) is 0 Å². The Balaban J connectivity index is 2.68. The fraction of sp³-hybridized carbons (Fsp3) is 0.300. The molecule has 0 saturated heterocycles. The van der Waals surface area contributed by atoms with E-state index < -0.39 is 0 Å². The number of hydrogen-bond donors (Lipinski definition) is 2. The molecule has 12 heavy (non-hydrogen) atoms. The number of aromatic hydroxyl groups is 1. The third-order valence-corrected chi connectivity index (χ3v) is 1.81. The molecule has 1 rings (SSSR count). The van der Waals surface area contributed by atoms with Gasteiger partial charge in [0.1, 0.15) is 5.75 Å². The summed E-state index contributed by atoms with van der Waals surface area (Å²) in [6, 6.07) is 7.07. The van der Waals surface area contributed by atoms with Gasteiger partial charge in [-0.25, -0.2) is 0 Å². The second-order valence-corrected chi connectivity index (χ2v) is 2.84. The van der Waals surface area contributed by atoms with Crippen molar-refractivity contribution < 1.29 is 5.11 Å². The largest absolute Gasteiger partial charge is 0.508 e. The molecule has 1 unspecified atom stereocenters. The molecule has 0 heterocycles. The number of phenolic OH excluding ortho intramolecular Hbond substituents is 1. The molecular formula is C10H14NO. The zero-order valence-electron chi connectivity index (χ0n) is 7.20. The summed E-state index contributed by atoms with van der Waals surface area (Å²) in [5, 5.41) is 9.02. The van der Waals surface area contributed by atoms with Crippen LogP contribution < -0.4 is 5.73 Å². The first-order valence-corrected chi connectivity index (χ1v) is 4.06. The predicted octanol–water partition coefficient (Wildman–Crippen LogP) is 2.01. The van der Waals surface area contributed by atoms with Crippen LogP contribution in [0.15, 0.2) is 24.3 Å². The van der Waals surface area contributed by atoms with Gasteiger partial charge < -0.3 is 10.8 Å². The first-order chi connectivity index (χ1) is 5.74. The average molecular weight is 164 g/mol. The summed E-state index contributed by atoms with van der Waals surface area (Å²) in [4.78, 5) is 0. The van der Waals surface area contributed by atoms with E-state index in [-0.39, 0.29) is 11.8 Å². The highest BCUT2D eigenvalue weighted by molar-refractivity contribution is 5.27. The van der Waals surface area contributed by atoms with Gasteiger partial charge in [-0.1, -0.05) is 19.1 Å². The van der Waals surface area contributed by atoms with E-state index >= 15 is 0 Å². The van der Waals surface area contributed by atoms with Crippen LogP contribution in [-0.4, -0.2) is 5.11 Å². The number of hydrogen-bond acceptors (Lipinski definition) is 2. The van der Waals surface area contributed by atoms with E-state index in [1.54, 1.807) is 12.1 Å². The topological polar surface area (TPSA) is 46.2 Å². The van der Waals surface area contributed by atoms with Crippen molar-refractivity contribution in [3.63, 3.8) is 0 Å². The Kier molecular flexibility index (Phi) is 3.11. The molecule has 0 saturated carbocycles. The number of rotatable bonds is 3. The Morgan fingerprint density at radius 1 is 1.42 bits per heavy atom. The van der Waals surface area contributed by atoms with Gasteiger partial charge in [0.2, 0.25) is 0 Å². The molecule has 2 nitrogen and oxygen atoms in total. The molecule has 1 radical (unpaired) electrons. The van der Waals surface area contributed by atoms with Crippen LogP contribution in [0, 0.1) is 6.42 Å². The Labute approximate surface area is 73.0 Å². The molecule has 0 aliphatic heterocycles. The normalized spacial score (nSPS) is 12.8. The van der Waals surface area contributed by atoms with Crippen LogP contribution in [0.5, 0.6) is 5.75 Å². The maximum Gasteiger partial charge on any atom is 0.115 e. The molecule has 0 fully saturated rings. The standard InChI is InChI=1S/C10H14NO/c1-2-3-10(11)8-4-6-9(12)7-5-8/h2,4-7,10,12H,3,11H2,1H3. The van der Waals surface area contributed by atoms with Crippen LogP contribution in [-0.2, 0) is 0 Å². The molecule has 0 amide bonds. The van der Waals surface area contributed by atoms with Crippen molar-refractivity contribution in [1.29, 1.82) is 0 Å². The van der Waals surface area contributed by atoms with E-state index in [1.807, 2.05) is 25.5 Å². The lowest BCUT2D eigenvalue weighted by Gasteiger charge is -2.09. The average Bonchev–Trinajstić information content (AvgIpc) is 2.06. The highest BCUT2D eigenvalue weighted by Gasteiger charge is 2.03. The van der Waals surface area contributed by atoms with Gasteiger partial charge in [-0.2, -0.15) is 0 Å². The summed E-state index contributed by atoms with van der Waals surface area (Å²) in [5.41, 5.74) is 6.90. The smallest absolute Gasteiger partial charge is 0.115 e. The van der Waals surface area contributed by atoms with Crippen LogP contribution in [0.25, 0.3) is 0 Å². The summed E-state index contributed by atoms with van der Waals surface area (Å²) >= 11 is 0. The Bertz CT molecular complexity index is 230. The SMILES string of the molecule is C[CH]CC(N)c1ccc(O)cc1. The Morgan fingerprint density at radius 3 is 2.50 bits per heavy atom. The quantitative estimate of drug-likeness (QED) is 0.717. The zero-order valence-corrected chi connectivity index (χ0v) is 7.20. The lowest BCUT2D eigenvalue weighted by atomic mass is 10.0. The highest BCUT2D eigenvalue weighted by atomic mass is 16.3. The first-order valence-electron chi connectivity index (χ1n) is 4.06. The fourth-order valence-electron chi connectivity index (χ4n) is 1.11. The molecule has 65 valence electrons. The number of benzene rings is 1. The fourth-order valence-corrected chi connectivity index (χ4v) is 1.11. The van der Waals surface area contributed by atoms with Crippen molar-refractivity contribution in [3.8, 4) is 5.75 Å². The lowest BCUT2D eigenvalue weighted by Crippen LogP contribution is -2.09. The van der Waals surface area contributed by atoms with E-state index in [0.29, 0.717) is 0 Å². The van der Waals surface area contributed by atoms with E-state index in [0.717, 1.165) is 12.0 Å². The summed E-state index contributed by atoms with van der Waals surface area (Å²) < 4.78 is 0. The van der Waals surface area contributed by atoms with E-state index in [2.05, 4.69) is 0 Å². The zero-order chi connectivity index (χ0) is 8.97. The molecule has 1 aromatic carbocycles. The molecular weight excluding hydrogens is 150 g/mol. The number of nitrogens with two attached hydrogens (primary N) is 1. The highest BCUT2D eigenvalue weighted by Crippen LogP contribution is 2.17. The lowest BCUT2D eigenvalue weighted by molar-refractivity contribution is 0.475. The molecule has 2 heteroatoms. The molecule has 1 aromatic rings. The maximum absolute atomic E-state index is 9.02. The van der Waals surface area contributed by atoms with E-state index in [4.69, 9.17) is 10.8 Å². The van der Waals surface area contributed by atoms with Gasteiger partial charge in [-0.15, -0.1) is 0 Å². The summed E-state index contributed by atoms with van der Waals surface area (Å²) in [6.07, 6.45) is 2.91. The van der Waals surface area contributed by atoms with Gasteiger partial charge in [0.15, 0.2) is 0 Å². The van der Waals surface area contributed by atoms with Gasteiger partial charge >= 0.3 is 0 Å². The molecule has 0 aromatic heterocycles. The summed E-state index contributed by atoms with van der Waals surface area (Å²) in [6.45, 7) is 1.99. The molecule has 3 N–H and O–H groups in total. The van der Waals surface area contributed by atoms with Crippen LogP contribution in [0.3, 0.4) is 0 Å². The van der Waals surface area contributed by atoms with Gasteiger partial charge in [-0.3, -0.25) is 0 Å². The third-order valence-electron chi connectivity index (χ3n) is 1.81. The van der Waals surface area contributed by atoms with E-state index in [9.17, 15) is 0 Å². The molecule has 1 atom stereocenters. The van der Waals surface area contributed by atoms with Crippen LogP contribution >= 0.6 is 0 Å². The Morgan fingerprint density at radius 2 is 2.00 bits per heavy atom. The minimum absolute atomic E-state index is 0.0515. The van der Waals surface area contributed by atoms with Crippen molar-refractivity contribution in [3.05, 3.63) is 36.2 Å². The molecule has 0 spiro atoms. The van der Waals surface area contributed by atoms with Gasteiger partial charge in [0, 0.05) is 6.04 Å². The minimum Gasteiger partial charge on any atom is -0.508 e. The van der Waals surface area contributed by atoms with Crippen molar-refractivity contribution in [1.82, 2.24) is 0 Å². The second kappa shape index (κ2) is 4.12. The maximum atomic E-state index is 9.02. The third kappa shape index (κ3) is 2.24. The number of phenols is 1. The van der Waals surface area contributed by atoms with Crippen LogP contribution in [0.1, 0.15) is 24.9 Å². The van der Waals surface area contributed by atoms with Gasteiger partial charge in [0.05, 0.1) is 0 Å². The monoisotopic (exact) mass is 164 g/mol. The van der Waals surface area contributed by atoms with Crippen molar-refractivity contribution >= 4 is 0 Å². The van der Waals surface area contributed by atoms with Crippen molar-refractivity contribution in [2.45, 2.75) is 19.4 Å².